The maximum absolute atomic E-state index is 13.4. The monoisotopic (exact) mass is 361 g/mol. The van der Waals surface area contributed by atoms with Crippen LogP contribution < -0.4 is 5.48 Å². The Balaban J connectivity index is 2.00. The first-order valence-corrected chi connectivity index (χ1v) is 6.52. The van der Waals surface area contributed by atoms with Gasteiger partial charge in [0, 0.05) is 0 Å². The molecule has 0 bridgehead atoms. The minimum atomic E-state index is -2.43. The Labute approximate surface area is 136 Å². The highest BCUT2D eigenvalue weighted by Gasteiger charge is 2.31. The topological polar surface area (TPSA) is 64.6 Å². The zero-order valence-electron chi connectivity index (χ0n) is 12.1. The first-order valence-electron chi connectivity index (χ1n) is 6.52. The average molecular weight is 361 g/mol. The van der Waals surface area contributed by atoms with Gasteiger partial charge < -0.3 is 9.57 Å². The molecule has 25 heavy (non-hydrogen) atoms. The van der Waals surface area contributed by atoms with Crippen LogP contribution >= 0.6 is 0 Å². The van der Waals surface area contributed by atoms with Gasteiger partial charge in [0.2, 0.25) is 5.82 Å². The van der Waals surface area contributed by atoms with Crippen LogP contribution in [0.5, 0.6) is 0 Å². The van der Waals surface area contributed by atoms with Crippen LogP contribution in [0.4, 0.5) is 26.7 Å². The smallest absolute Gasteiger partial charge is 0.441 e. The van der Waals surface area contributed by atoms with Crippen LogP contribution in [0.1, 0.15) is 15.9 Å². The van der Waals surface area contributed by atoms with Crippen LogP contribution in [0.15, 0.2) is 30.3 Å². The van der Waals surface area contributed by atoms with E-state index in [1.807, 2.05) is 0 Å². The fraction of sp³-hybridized carbons (Fsp3) is 0.0667. The standard InChI is InChI=1S/C15H8F5NO4/c16-9-8(10(17)12(19)13(20)11(9)18)14(22)25-21-15(23)24-6-7-4-2-1-3-5-7/h1-5H,6H2,(H,21,23). The number of halogens is 5. The Kier molecular flexibility index (Phi) is 5.52. The summed E-state index contributed by atoms with van der Waals surface area (Å²) in [5.41, 5.74) is 0.116. The number of hydrogen-bond donors (Lipinski definition) is 1. The summed E-state index contributed by atoms with van der Waals surface area (Å²) in [6.07, 6.45) is -1.32. The van der Waals surface area contributed by atoms with Gasteiger partial charge in [0.25, 0.3) is 0 Å². The van der Waals surface area contributed by atoms with Crippen LogP contribution in [0.2, 0.25) is 0 Å². The minimum Gasteiger partial charge on any atom is -0.443 e. The molecule has 0 unspecified atom stereocenters. The van der Waals surface area contributed by atoms with Crippen molar-refractivity contribution >= 4 is 12.1 Å². The molecule has 0 radical (unpaired) electrons. The van der Waals surface area contributed by atoms with Crippen molar-refractivity contribution < 1.29 is 41.1 Å². The maximum Gasteiger partial charge on any atom is 0.441 e. The maximum atomic E-state index is 13.4. The Bertz CT molecular complexity index is 784. The summed E-state index contributed by atoms with van der Waals surface area (Å²) in [5.74, 6) is -13.8. The number of benzene rings is 2. The van der Waals surface area contributed by atoms with Gasteiger partial charge in [-0.3, -0.25) is 0 Å². The molecule has 0 saturated heterocycles. The first kappa shape index (κ1) is 18.2. The zero-order chi connectivity index (χ0) is 18.6. The quantitative estimate of drug-likeness (QED) is 0.394. The van der Waals surface area contributed by atoms with E-state index in [0.29, 0.717) is 5.56 Å². The lowest BCUT2D eigenvalue weighted by molar-refractivity contribution is 0.0184. The third kappa shape index (κ3) is 4.03. The third-order valence-corrected chi connectivity index (χ3v) is 2.85. The van der Waals surface area contributed by atoms with E-state index in [1.165, 1.54) is 5.48 Å². The summed E-state index contributed by atoms with van der Waals surface area (Å²) < 4.78 is 70.2. The molecule has 2 aromatic rings. The summed E-state index contributed by atoms with van der Waals surface area (Å²) in [7, 11) is 0. The number of nitrogens with one attached hydrogen (secondary N) is 1. The van der Waals surface area contributed by atoms with Crippen molar-refractivity contribution in [3.63, 3.8) is 0 Å². The summed E-state index contributed by atoms with van der Waals surface area (Å²) in [5, 5.41) is 0. The number of amides is 1. The molecule has 5 nitrogen and oxygen atoms in total. The van der Waals surface area contributed by atoms with E-state index in [2.05, 4.69) is 9.57 Å². The van der Waals surface area contributed by atoms with Crippen LogP contribution in [0.25, 0.3) is 0 Å². The van der Waals surface area contributed by atoms with Crippen molar-refractivity contribution in [1.82, 2.24) is 5.48 Å². The molecule has 0 heterocycles. The number of rotatable bonds is 3. The van der Waals surface area contributed by atoms with E-state index >= 15 is 0 Å². The molecule has 0 aliphatic carbocycles. The molecule has 0 fully saturated rings. The highest BCUT2D eigenvalue weighted by atomic mass is 19.2. The summed E-state index contributed by atoms with van der Waals surface area (Å²) in [4.78, 5) is 26.7. The normalized spacial score (nSPS) is 10.3. The largest absolute Gasteiger partial charge is 0.443 e. The van der Waals surface area contributed by atoms with Gasteiger partial charge in [-0.05, 0) is 5.56 Å². The molecule has 10 heteroatoms. The molecule has 0 spiro atoms. The molecule has 0 aliphatic rings. The number of ether oxygens (including phenoxy) is 1. The lowest BCUT2D eigenvalue weighted by Gasteiger charge is -2.09. The van der Waals surface area contributed by atoms with Crippen molar-refractivity contribution in [3.8, 4) is 0 Å². The number of hydroxylamine groups is 1. The average Bonchev–Trinajstić information content (AvgIpc) is 2.62. The summed E-state index contributed by atoms with van der Waals surface area (Å²) in [6, 6.07) is 8.29. The van der Waals surface area contributed by atoms with Gasteiger partial charge in [-0.25, -0.2) is 31.5 Å². The Morgan fingerprint density at radius 3 is 1.92 bits per heavy atom. The zero-order valence-corrected chi connectivity index (χ0v) is 12.1. The van der Waals surface area contributed by atoms with Gasteiger partial charge in [0.15, 0.2) is 23.3 Å². The fourth-order valence-electron chi connectivity index (χ4n) is 1.68. The third-order valence-electron chi connectivity index (χ3n) is 2.85. The van der Waals surface area contributed by atoms with E-state index in [-0.39, 0.29) is 6.61 Å². The molecule has 0 atom stereocenters. The van der Waals surface area contributed by atoms with Gasteiger partial charge in [0.05, 0.1) is 0 Å². The molecule has 2 rings (SSSR count). The second-order valence-corrected chi connectivity index (χ2v) is 4.50. The highest BCUT2D eigenvalue weighted by Crippen LogP contribution is 2.23. The predicted octanol–water partition coefficient (Wildman–Crippen LogP) is 3.38. The lowest BCUT2D eigenvalue weighted by atomic mass is 10.1. The Hall–Kier alpha value is -3.17. The Morgan fingerprint density at radius 2 is 1.36 bits per heavy atom. The van der Waals surface area contributed by atoms with E-state index in [4.69, 9.17) is 0 Å². The van der Waals surface area contributed by atoms with Crippen molar-refractivity contribution in [3.05, 3.63) is 70.5 Å². The molecular formula is C15H8F5NO4. The van der Waals surface area contributed by atoms with Crippen LogP contribution in [0, 0.1) is 29.1 Å². The summed E-state index contributed by atoms with van der Waals surface area (Å²) in [6.45, 7) is -0.216. The van der Waals surface area contributed by atoms with Crippen LogP contribution in [-0.4, -0.2) is 12.1 Å². The molecule has 1 N–H and O–H groups in total. The van der Waals surface area contributed by atoms with E-state index in [1.54, 1.807) is 30.3 Å². The number of carbonyl (C=O) groups excluding carboxylic acids is 2. The molecule has 1 amide bonds. The van der Waals surface area contributed by atoms with Gasteiger partial charge in [-0.2, -0.15) is 0 Å². The Morgan fingerprint density at radius 1 is 0.840 bits per heavy atom. The van der Waals surface area contributed by atoms with Gasteiger partial charge in [-0.15, -0.1) is 5.48 Å². The fourth-order valence-corrected chi connectivity index (χ4v) is 1.68. The van der Waals surface area contributed by atoms with E-state index < -0.39 is 46.7 Å². The number of carbonyl (C=O) groups is 2. The van der Waals surface area contributed by atoms with Gasteiger partial charge in [0.1, 0.15) is 12.2 Å². The molecule has 132 valence electrons. The van der Waals surface area contributed by atoms with E-state index in [0.717, 1.165) is 0 Å². The van der Waals surface area contributed by atoms with E-state index in [9.17, 15) is 31.5 Å². The first-order chi connectivity index (χ1) is 11.8. The number of hydrogen-bond acceptors (Lipinski definition) is 4. The van der Waals surface area contributed by atoms with Crippen LogP contribution in [-0.2, 0) is 16.2 Å². The van der Waals surface area contributed by atoms with Crippen molar-refractivity contribution in [1.29, 1.82) is 0 Å². The molecular weight excluding hydrogens is 353 g/mol. The van der Waals surface area contributed by atoms with Crippen molar-refractivity contribution in [2.45, 2.75) is 6.61 Å². The van der Waals surface area contributed by atoms with Crippen LogP contribution in [0.3, 0.4) is 0 Å². The minimum absolute atomic E-state index is 0.216. The molecule has 0 aromatic heterocycles. The van der Waals surface area contributed by atoms with Crippen molar-refractivity contribution in [2.75, 3.05) is 0 Å². The lowest BCUT2D eigenvalue weighted by Crippen LogP contribution is -2.29. The highest BCUT2D eigenvalue weighted by molar-refractivity contribution is 5.90. The van der Waals surface area contributed by atoms with Gasteiger partial charge >= 0.3 is 12.1 Å². The van der Waals surface area contributed by atoms with Crippen molar-refractivity contribution in [2.24, 2.45) is 0 Å². The van der Waals surface area contributed by atoms with Gasteiger partial charge in [-0.1, -0.05) is 30.3 Å². The predicted molar refractivity (Wildman–Crippen MR) is 71.4 cm³/mol. The molecule has 0 saturated carbocycles. The second kappa shape index (κ2) is 7.60. The molecule has 0 aliphatic heterocycles. The SMILES string of the molecule is O=C(NOC(=O)c1c(F)c(F)c(F)c(F)c1F)OCc1ccccc1. The second-order valence-electron chi connectivity index (χ2n) is 4.50. The molecule has 2 aromatic carbocycles. The summed E-state index contributed by atoms with van der Waals surface area (Å²) >= 11 is 0.